The molecule has 8 nitrogen and oxygen atoms in total. The Morgan fingerprint density at radius 3 is 2.93 bits per heavy atom. The summed E-state index contributed by atoms with van der Waals surface area (Å²) in [7, 11) is 1.58. The van der Waals surface area contributed by atoms with Crippen LogP contribution in [0.3, 0.4) is 0 Å². The number of hydrogen-bond donors (Lipinski definition) is 2. The van der Waals surface area contributed by atoms with Crippen LogP contribution < -0.4 is 10.1 Å². The third kappa shape index (κ3) is 4.94. The van der Waals surface area contributed by atoms with Crippen LogP contribution in [0.4, 0.5) is 5.69 Å². The number of amides is 1. The molecule has 2 N–H and O–H groups in total. The summed E-state index contributed by atoms with van der Waals surface area (Å²) in [6.07, 6.45) is 1.24. The Kier molecular flexibility index (Phi) is 5.76. The van der Waals surface area contributed by atoms with Gasteiger partial charge in [-0.25, -0.2) is 4.98 Å². The van der Waals surface area contributed by atoms with E-state index in [2.05, 4.69) is 25.5 Å². The quantitative estimate of drug-likeness (QED) is 0.429. The molecular formula is C20H19N5O3S. The SMILES string of the molecule is COc1cccc(NC(=O)CSc2nnc(CCc3nc4ccccc4[nH]3)o2)c1. The van der Waals surface area contributed by atoms with Gasteiger partial charge in [0, 0.05) is 24.6 Å². The third-order valence-corrected chi connectivity index (χ3v) is 4.96. The van der Waals surface area contributed by atoms with Crippen LogP contribution in [-0.2, 0) is 17.6 Å². The zero-order chi connectivity index (χ0) is 20.1. The number of benzene rings is 2. The summed E-state index contributed by atoms with van der Waals surface area (Å²) in [5.74, 6) is 2.08. The molecule has 2 aromatic heterocycles. The minimum Gasteiger partial charge on any atom is -0.497 e. The maximum Gasteiger partial charge on any atom is 0.277 e. The van der Waals surface area contributed by atoms with Gasteiger partial charge in [0.05, 0.1) is 23.9 Å². The van der Waals surface area contributed by atoms with Crippen molar-refractivity contribution in [3.8, 4) is 5.75 Å². The predicted octanol–water partition coefficient (Wildman–Crippen LogP) is 3.47. The van der Waals surface area contributed by atoms with Crippen molar-refractivity contribution >= 4 is 34.4 Å². The number of hydrogen-bond acceptors (Lipinski definition) is 7. The molecular weight excluding hydrogens is 390 g/mol. The van der Waals surface area contributed by atoms with Crippen LogP contribution in [0.2, 0.25) is 0 Å². The first-order valence-electron chi connectivity index (χ1n) is 9.02. The second kappa shape index (κ2) is 8.78. The van der Waals surface area contributed by atoms with E-state index in [0.29, 0.717) is 35.4 Å². The van der Waals surface area contributed by atoms with Crippen molar-refractivity contribution in [2.45, 2.75) is 18.1 Å². The summed E-state index contributed by atoms with van der Waals surface area (Å²) in [6.45, 7) is 0. The lowest BCUT2D eigenvalue weighted by molar-refractivity contribution is -0.113. The molecule has 2 aromatic carbocycles. The van der Waals surface area contributed by atoms with Gasteiger partial charge in [0.25, 0.3) is 5.22 Å². The molecule has 1 amide bonds. The lowest BCUT2D eigenvalue weighted by atomic mass is 10.3. The highest BCUT2D eigenvalue weighted by Crippen LogP contribution is 2.20. The van der Waals surface area contributed by atoms with Gasteiger partial charge >= 0.3 is 0 Å². The number of carbonyl (C=O) groups is 1. The fraction of sp³-hybridized carbons (Fsp3) is 0.200. The van der Waals surface area contributed by atoms with Crippen LogP contribution in [0, 0.1) is 0 Å². The maximum atomic E-state index is 12.1. The number of aromatic nitrogens is 4. The number of imidazole rings is 1. The van der Waals surface area contributed by atoms with E-state index in [1.165, 1.54) is 11.8 Å². The van der Waals surface area contributed by atoms with Crippen LogP contribution in [0.15, 0.2) is 58.2 Å². The Morgan fingerprint density at radius 2 is 2.07 bits per heavy atom. The van der Waals surface area contributed by atoms with E-state index in [1.807, 2.05) is 36.4 Å². The van der Waals surface area contributed by atoms with Crippen LogP contribution >= 0.6 is 11.8 Å². The fourth-order valence-corrected chi connectivity index (χ4v) is 3.35. The minimum absolute atomic E-state index is 0.162. The normalized spacial score (nSPS) is 10.9. The van der Waals surface area contributed by atoms with Gasteiger partial charge in [0.1, 0.15) is 11.6 Å². The van der Waals surface area contributed by atoms with E-state index >= 15 is 0 Å². The lowest BCUT2D eigenvalue weighted by Gasteiger charge is -2.05. The maximum absolute atomic E-state index is 12.1. The number of H-pyrrole nitrogens is 1. The molecule has 4 rings (SSSR count). The smallest absolute Gasteiger partial charge is 0.277 e. The second-order valence-corrected chi connectivity index (χ2v) is 7.16. The molecule has 0 radical (unpaired) electrons. The van der Waals surface area contributed by atoms with Crippen molar-refractivity contribution in [3.05, 3.63) is 60.2 Å². The van der Waals surface area contributed by atoms with Gasteiger partial charge in [0.2, 0.25) is 11.8 Å². The number of carbonyl (C=O) groups excluding carboxylic acids is 1. The summed E-state index contributed by atoms with van der Waals surface area (Å²) >= 11 is 1.20. The van der Waals surface area contributed by atoms with E-state index in [4.69, 9.17) is 9.15 Å². The number of aryl methyl sites for hydroxylation is 2. The average molecular weight is 409 g/mol. The van der Waals surface area contributed by atoms with E-state index < -0.39 is 0 Å². The summed E-state index contributed by atoms with van der Waals surface area (Å²) in [5, 5.41) is 11.2. The van der Waals surface area contributed by atoms with Crippen molar-refractivity contribution in [1.29, 1.82) is 0 Å². The van der Waals surface area contributed by atoms with Gasteiger partial charge in [-0.2, -0.15) is 0 Å². The minimum atomic E-state index is -0.162. The van der Waals surface area contributed by atoms with Crippen LogP contribution in [0.5, 0.6) is 5.75 Å². The zero-order valence-electron chi connectivity index (χ0n) is 15.7. The molecule has 2 heterocycles. The largest absolute Gasteiger partial charge is 0.497 e. The number of nitrogens with one attached hydrogen (secondary N) is 2. The molecule has 9 heteroatoms. The molecule has 0 saturated carbocycles. The number of thioether (sulfide) groups is 1. The van der Waals surface area contributed by atoms with Crippen LogP contribution in [0.1, 0.15) is 11.7 Å². The summed E-state index contributed by atoms with van der Waals surface area (Å²) < 4.78 is 10.8. The Balaban J connectivity index is 1.27. The number of para-hydroxylation sites is 2. The predicted molar refractivity (Wildman–Crippen MR) is 110 cm³/mol. The number of aromatic amines is 1. The summed E-state index contributed by atoms with van der Waals surface area (Å²) in [4.78, 5) is 19.9. The van der Waals surface area contributed by atoms with Crippen molar-refractivity contribution in [2.24, 2.45) is 0 Å². The topological polar surface area (TPSA) is 106 Å². The molecule has 0 aliphatic heterocycles. The van der Waals surface area contributed by atoms with Gasteiger partial charge in [-0.3, -0.25) is 4.79 Å². The molecule has 0 saturated heterocycles. The molecule has 0 unspecified atom stereocenters. The van der Waals surface area contributed by atoms with E-state index in [0.717, 1.165) is 16.9 Å². The Morgan fingerprint density at radius 1 is 1.17 bits per heavy atom. The first-order valence-corrected chi connectivity index (χ1v) is 10.0. The van der Waals surface area contributed by atoms with Gasteiger partial charge in [-0.15, -0.1) is 10.2 Å². The highest BCUT2D eigenvalue weighted by Gasteiger charge is 2.11. The zero-order valence-corrected chi connectivity index (χ0v) is 16.5. The second-order valence-electron chi connectivity index (χ2n) is 6.23. The number of rotatable bonds is 8. The molecule has 0 bridgehead atoms. The first-order chi connectivity index (χ1) is 14.2. The fourth-order valence-electron chi connectivity index (χ4n) is 2.77. The Bertz CT molecular complexity index is 1090. The lowest BCUT2D eigenvalue weighted by Crippen LogP contribution is -2.13. The van der Waals surface area contributed by atoms with Crippen molar-refractivity contribution in [2.75, 3.05) is 18.2 Å². The summed E-state index contributed by atoms with van der Waals surface area (Å²) in [6, 6.07) is 15.1. The molecule has 0 fully saturated rings. The van der Waals surface area contributed by atoms with Gasteiger partial charge in [0.15, 0.2) is 0 Å². The summed E-state index contributed by atoms with van der Waals surface area (Å²) in [5.41, 5.74) is 2.62. The number of ether oxygens (including phenoxy) is 1. The van der Waals surface area contributed by atoms with Gasteiger partial charge in [-0.1, -0.05) is 30.0 Å². The van der Waals surface area contributed by atoms with Crippen LogP contribution in [0.25, 0.3) is 11.0 Å². The monoisotopic (exact) mass is 409 g/mol. The number of methoxy groups -OCH3 is 1. The molecule has 0 aliphatic carbocycles. The molecule has 0 spiro atoms. The van der Waals surface area contributed by atoms with E-state index in [1.54, 1.807) is 19.2 Å². The van der Waals surface area contributed by atoms with Crippen LogP contribution in [-0.4, -0.2) is 38.9 Å². The Hall–Kier alpha value is -3.33. The first kappa shape index (κ1) is 19.0. The van der Waals surface area contributed by atoms with E-state index in [9.17, 15) is 4.79 Å². The molecule has 29 heavy (non-hydrogen) atoms. The average Bonchev–Trinajstić information content (AvgIpc) is 3.37. The number of fused-ring (bicyclic) bond motifs is 1. The molecule has 148 valence electrons. The van der Waals surface area contributed by atoms with Gasteiger partial charge < -0.3 is 19.5 Å². The molecule has 0 atom stereocenters. The molecule has 0 aliphatic rings. The highest BCUT2D eigenvalue weighted by atomic mass is 32.2. The van der Waals surface area contributed by atoms with E-state index in [-0.39, 0.29) is 11.7 Å². The third-order valence-electron chi connectivity index (χ3n) is 4.14. The highest BCUT2D eigenvalue weighted by molar-refractivity contribution is 7.99. The van der Waals surface area contributed by atoms with Crippen molar-refractivity contribution in [1.82, 2.24) is 20.2 Å². The van der Waals surface area contributed by atoms with Crippen molar-refractivity contribution in [3.63, 3.8) is 0 Å². The molecule has 4 aromatic rings. The standard InChI is InChI=1S/C20H19N5O3S/c1-27-14-6-4-5-13(11-14)21-18(26)12-29-20-25-24-19(28-20)10-9-17-22-15-7-2-3-8-16(15)23-17/h2-8,11H,9-10,12H2,1H3,(H,21,26)(H,22,23). The van der Waals surface area contributed by atoms with Crippen molar-refractivity contribution < 1.29 is 13.9 Å². The van der Waals surface area contributed by atoms with Gasteiger partial charge in [-0.05, 0) is 24.3 Å². The number of nitrogens with zero attached hydrogens (tertiary/aromatic N) is 3. The number of anilines is 1. The Labute approximate surface area is 171 Å².